The molecule has 3 nitrogen and oxygen atoms in total. The Labute approximate surface area is 85.0 Å². The number of hydrogen-bond acceptors (Lipinski definition) is 3. The molecule has 0 amide bonds. The van der Waals surface area contributed by atoms with Gasteiger partial charge in [0, 0.05) is 0 Å². The maximum atomic E-state index is 8.42. The van der Waals surface area contributed by atoms with Gasteiger partial charge in [-0.05, 0) is 0 Å². The Bertz CT molecular complexity index is 15.5. The quantitative estimate of drug-likeness (QED) is 0.571. The molecule has 0 aliphatic carbocycles. The molecule has 0 rings (SSSR count). The molecule has 0 aliphatic heterocycles. The van der Waals surface area contributed by atoms with Crippen molar-refractivity contribution in [3.8, 4) is 0 Å². The van der Waals surface area contributed by atoms with Gasteiger partial charge < -0.3 is 0 Å². The summed E-state index contributed by atoms with van der Waals surface area (Å²) in [7, 11) is 0. The molecule has 0 aromatic carbocycles. The van der Waals surface area contributed by atoms with Crippen molar-refractivity contribution in [3.05, 3.63) is 0 Å². The van der Waals surface area contributed by atoms with Crippen LogP contribution in [-0.4, -0.2) is 0 Å². The van der Waals surface area contributed by atoms with E-state index < -0.39 is 0 Å². The van der Waals surface area contributed by atoms with Gasteiger partial charge in [0.25, 0.3) is 0 Å². The molecule has 0 fully saturated rings. The van der Waals surface area contributed by atoms with Crippen molar-refractivity contribution < 1.29 is 86.8 Å². The molecular formula is LaO3TiZr. The van der Waals surface area contributed by atoms with Crippen LogP contribution in [0.2, 0.25) is 0 Å². The first-order chi connectivity index (χ1) is 3.00. The van der Waals surface area contributed by atoms with Gasteiger partial charge in [0.15, 0.2) is 0 Å². The Kier molecular flexibility index (Phi) is 150. The van der Waals surface area contributed by atoms with Gasteiger partial charge in [-0.15, -0.1) is 0 Å². The Morgan fingerprint density at radius 2 is 1.17 bits per heavy atom. The van der Waals surface area contributed by atoms with Crippen molar-refractivity contribution >= 4 is 0 Å². The van der Waals surface area contributed by atoms with Crippen molar-refractivity contribution in [2.24, 2.45) is 0 Å². The van der Waals surface area contributed by atoms with Crippen LogP contribution in [0.1, 0.15) is 0 Å². The predicted octanol–water partition coefficient (Wildman–Crippen LogP) is -0.361. The summed E-state index contributed by atoms with van der Waals surface area (Å²) >= 11 is 0.967. The van der Waals surface area contributed by atoms with Gasteiger partial charge in [0.05, 0.1) is 0 Å². The van der Waals surface area contributed by atoms with E-state index in [0.29, 0.717) is 24.7 Å². The second-order valence-electron chi connectivity index (χ2n) is 0. The van der Waals surface area contributed by atoms with E-state index in [0.717, 1.165) is 20.4 Å². The fraction of sp³-hybridized carbons (Fsp3) is 0. The molecule has 0 saturated carbocycles. The topological polar surface area (TPSA) is 51.2 Å². The zero-order valence-electron chi connectivity index (χ0n) is 2.80. The normalized spacial score (nSPS) is 2.00. The molecule has 6 heavy (non-hydrogen) atoms. The number of rotatable bonds is 0. The van der Waals surface area contributed by atoms with E-state index in [1.165, 1.54) is 0 Å². The molecule has 0 aromatic rings. The first-order valence-corrected chi connectivity index (χ1v) is 3.77. The van der Waals surface area contributed by atoms with E-state index in [1.54, 1.807) is 0 Å². The first kappa shape index (κ1) is 15.7. The summed E-state index contributed by atoms with van der Waals surface area (Å²) in [6.07, 6.45) is 0. The fourth-order valence-corrected chi connectivity index (χ4v) is 0. The summed E-state index contributed by atoms with van der Waals surface area (Å²) in [5, 5.41) is 0. The monoisotopic (exact) mass is 325 g/mol. The minimum atomic E-state index is -0.0833. The molecule has 0 unspecified atom stereocenters. The van der Waals surface area contributed by atoms with Crippen molar-refractivity contribution in [2.75, 3.05) is 0 Å². The molecule has 0 aliphatic rings. The molecule has 0 bridgehead atoms. The Morgan fingerprint density at radius 1 is 1.17 bits per heavy atom. The minimum absolute atomic E-state index is 0.0833. The van der Waals surface area contributed by atoms with E-state index in [4.69, 9.17) is 7.83 Å². The standard InChI is InChI=1S/La.3O.Ti.Zr. The third-order valence-corrected chi connectivity index (χ3v) is 0. The average molecular weight is 326 g/mol. The molecule has 29 valence electrons. The van der Waals surface area contributed by atoms with Crippen molar-refractivity contribution in [1.82, 2.24) is 0 Å². The average Bonchev–Trinajstić information content (AvgIpc) is 1.81. The predicted molar refractivity (Wildman–Crippen MR) is 2.06 cm³/mol. The molecule has 0 spiro atoms. The third-order valence-electron chi connectivity index (χ3n) is 0. The Morgan fingerprint density at radius 3 is 1.17 bits per heavy atom. The molecule has 0 saturated heterocycles. The van der Waals surface area contributed by atoms with Crippen molar-refractivity contribution in [2.45, 2.75) is 0 Å². The van der Waals surface area contributed by atoms with E-state index in [9.17, 15) is 0 Å². The maximum absolute atomic E-state index is 8.42. The molecule has 0 heterocycles. The van der Waals surface area contributed by atoms with E-state index in [1.807, 2.05) is 0 Å². The van der Waals surface area contributed by atoms with Gasteiger partial charge in [0.1, 0.15) is 0 Å². The van der Waals surface area contributed by atoms with E-state index in [-0.39, 0.29) is 33.8 Å². The van der Waals surface area contributed by atoms with Crippen LogP contribution in [0.4, 0.5) is 0 Å². The third kappa shape index (κ3) is 34.7. The van der Waals surface area contributed by atoms with Crippen LogP contribution in [0.5, 0.6) is 0 Å². The second-order valence-corrected chi connectivity index (χ2v) is 0. The molecule has 0 N–H and O–H groups in total. The van der Waals surface area contributed by atoms with Crippen LogP contribution >= 0.6 is 0 Å². The summed E-state index contributed by atoms with van der Waals surface area (Å²) in [5.74, 6) is 0. The molecule has 0 radical (unpaired) electrons. The number of hydrogen-bond donors (Lipinski definition) is 0. The van der Waals surface area contributed by atoms with Gasteiger partial charge in [0.2, 0.25) is 0 Å². The molecule has 0 aromatic heterocycles. The molecule has 6 heteroatoms. The summed E-state index contributed by atoms with van der Waals surface area (Å²) < 4.78 is 25.0. The van der Waals surface area contributed by atoms with Crippen LogP contribution in [-0.2, 0) is 53.0 Å². The van der Waals surface area contributed by atoms with Gasteiger partial charge in [-0.3, -0.25) is 0 Å². The Balaban J connectivity index is -0.0000000225. The van der Waals surface area contributed by atoms with Crippen LogP contribution in [0.3, 0.4) is 0 Å². The van der Waals surface area contributed by atoms with Gasteiger partial charge >= 0.3 is 86.8 Å². The van der Waals surface area contributed by atoms with Crippen LogP contribution < -0.4 is 0 Å². The SMILES string of the molecule is [O]=[La].[O]=[Ti].[O]=[Zr]. The summed E-state index contributed by atoms with van der Waals surface area (Å²) in [5.41, 5.74) is 0. The van der Waals surface area contributed by atoms with E-state index >= 15 is 0 Å². The van der Waals surface area contributed by atoms with Crippen LogP contribution in [0.25, 0.3) is 0 Å². The van der Waals surface area contributed by atoms with Crippen LogP contribution in [0, 0.1) is 33.8 Å². The van der Waals surface area contributed by atoms with E-state index in [2.05, 4.69) is 0 Å². The van der Waals surface area contributed by atoms with Gasteiger partial charge in [-0.25, -0.2) is 0 Å². The fourth-order valence-electron chi connectivity index (χ4n) is 0. The van der Waals surface area contributed by atoms with Crippen LogP contribution in [0.15, 0.2) is 0 Å². The Hall–Kier alpha value is 2.19. The second kappa shape index (κ2) is 57.4. The molecule has 0 atom stereocenters. The van der Waals surface area contributed by atoms with Gasteiger partial charge in [-0.2, -0.15) is 0 Å². The first-order valence-electron chi connectivity index (χ1n) is 0.644. The van der Waals surface area contributed by atoms with Crippen molar-refractivity contribution in [3.63, 3.8) is 0 Å². The summed E-state index contributed by atoms with van der Waals surface area (Å²) in [6.45, 7) is 0. The zero-order valence-corrected chi connectivity index (χ0v) is 10.4. The zero-order chi connectivity index (χ0) is 6.00. The molecular weight excluding hydrogens is 326 g/mol. The summed E-state index contributed by atoms with van der Waals surface area (Å²) in [4.78, 5) is 0. The van der Waals surface area contributed by atoms with Gasteiger partial charge in [-0.1, -0.05) is 0 Å². The van der Waals surface area contributed by atoms with Crippen molar-refractivity contribution in [1.29, 1.82) is 0 Å². The summed E-state index contributed by atoms with van der Waals surface area (Å²) in [6, 6.07) is 0.